The minimum Gasteiger partial charge on any atom is -0.388 e. The molecular formula is C12H10BrFN2O4S. The molecule has 1 heterocycles. The lowest BCUT2D eigenvalue weighted by Crippen LogP contribution is -2.34. The fourth-order valence-electron chi connectivity index (χ4n) is 1.69. The molecule has 0 spiro atoms. The third-order valence-electron chi connectivity index (χ3n) is 2.82. The van der Waals surface area contributed by atoms with Crippen molar-refractivity contribution in [3.05, 3.63) is 45.8 Å². The number of ketones is 1. The van der Waals surface area contributed by atoms with Crippen molar-refractivity contribution in [2.45, 2.75) is 0 Å². The normalized spacial score (nSPS) is 17.2. The largest absolute Gasteiger partial charge is 0.388 e. The van der Waals surface area contributed by atoms with Crippen molar-refractivity contribution in [2.75, 3.05) is 13.7 Å². The zero-order valence-corrected chi connectivity index (χ0v) is 13.1. The number of Topliss-reactive ketones (excluding diaryl/α,β-unsaturated/α-hetero) is 1. The molecule has 0 atom stereocenters. The van der Waals surface area contributed by atoms with Gasteiger partial charge in [-0.3, -0.25) is 9.10 Å². The lowest BCUT2D eigenvalue weighted by atomic mass is 10.1. The SMILES string of the molecule is CN1C(C(=O)CO)=CC(c2ccc(Br)c(F)c2)=NS1(=O)=O. The molecule has 0 amide bonds. The van der Waals surface area contributed by atoms with Gasteiger partial charge >= 0.3 is 10.2 Å². The molecule has 0 radical (unpaired) electrons. The minimum atomic E-state index is -4.10. The summed E-state index contributed by atoms with van der Waals surface area (Å²) in [6.45, 7) is -0.840. The number of halogens is 2. The highest BCUT2D eigenvalue weighted by Crippen LogP contribution is 2.22. The van der Waals surface area contributed by atoms with Crippen LogP contribution < -0.4 is 0 Å². The maximum atomic E-state index is 13.5. The molecule has 1 N–H and O–H groups in total. The van der Waals surface area contributed by atoms with Crippen LogP contribution >= 0.6 is 15.9 Å². The van der Waals surface area contributed by atoms with Crippen LogP contribution in [0.2, 0.25) is 0 Å². The zero-order chi connectivity index (χ0) is 15.8. The Bertz CT molecular complexity index is 773. The van der Waals surface area contributed by atoms with E-state index < -0.39 is 28.4 Å². The molecular weight excluding hydrogens is 367 g/mol. The van der Waals surface area contributed by atoms with E-state index in [9.17, 15) is 17.6 Å². The van der Waals surface area contributed by atoms with Crippen molar-refractivity contribution >= 4 is 37.6 Å². The second kappa shape index (κ2) is 5.66. The molecule has 1 aromatic rings. The van der Waals surface area contributed by atoms with Crippen molar-refractivity contribution in [1.82, 2.24) is 4.31 Å². The van der Waals surface area contributed by atoms with Crippen LogP contribution in [-0.2, 0) is 15.0 Å². The first-order valence-electron chi connectivity index (χ1n) is 5.66. The van der Waals surface area contributed by atoms with Gasteiger partial charge in [-0.15, -0.1) is 4.40 Å². The molecule has 0 saturated heterocycles. The van der Waals surface area contributed by atoms with Crippen LogP contribution in [-0.4, -0.2) is 43.0 Å². The molecule has 1 aliphatic rings. The van der Waals surface area contributed by atoms with Crippen molar-refractivity contribution in [3.63, 3.8) is 0 Å². The smallest absolute Gasteiger partial charge is 0.345 e. The quantitative estimate of drug-likeness (QED) is 0.852. The molecule has 0 bridgehead atoms. The van der Waals surface area contributed by atoms with Crippen LogP contribution in [0.1, 0.15) is 5.56 Å². The molecule has 1 aromatic carbocycles. The Kier molecular flexibility index (Phi) is 4.26. The Labute approximate surface area is 128 Å². The van der Waals surface area contributed by atoms with Crippen molar-refractivity contribution in [2.24, 2.45) is 4.40 Å². The van der Waals surface area contributed by atoms with Crippen molar-refractivity contribution < 1.29 is 22.7 Å². The first-order valence-corrected chi connectivity index (χ1v) is 7.85. The highest BCUT2D eigenvalue weighted by molar-refractivity contribution is 9.10. The van der Waals surface area contributed by atoms with E-state index in [0.717, 1.165) is 13.1 Å². The van der Waals surface area contributed by atoms with Gasteiger partial charge in [-0.25, -0.2) is 4.39 Å². The molecule has 0 aromatic heterocycles. The highest BCUT2D eigenvalue weighted by Gasteiger charge is 2.29. The number of hydrogen-bond acceptors (Lipinski definition) is 4. The van der Waals surface area contributed by atoms with Gasteiger partial charge in [0.1, 0.15) is 18.1 Å². The number of aliphatic hydroxyl groups excluding tert-OH is 1. The number of allylic oxidation sites excluding steroid dienone is 1. The molecule has 0 fully saturated rings. The summed E-state index contributed by atoms with van der Waals surface area (Å²) in [5, 5.41) is 8.89. The van der Waals surface area contributed by atoms with Crippen LogP contribution in [0.4, 0.5) is 4.39 Å². The number of aliphatic hydroxyl groups is 1. The number of nitrogens with zero attached hydrogens (tertiary/aromatic N) is 2. The molecule has 21 heavy (non-hydrogen) atoms. The molecule has 0 saturated carbocycles. The first-order chi connectivity index (χ1) is 9.76. The van der Waals surface area contributed by atoms with Crippen LogP contribution in [0.15, 0.2) is 38.8 Å². The van der Waals surface area contributed by atoms with E-state index in [2.05, 4.69) is 20.3 Å². The molecule has 1 aliphatic heterocycles. The lowest BCUT2D eigenvalue weighted by molar-refractivity contribution is -0.119. The monoisotopic (exact) mass is 376 g/mol. The molecule has 112 valence electrons. The first kappa shape index (κ1) is 15.8. The molecule has 0 aliphatic carbocycles. The van der Waals surface area contributed by atoms with E-state index in [1.807, 2.05) is 0 Å². The Morgan fingerprint density at radius 3 is 2.71 bits per heavy atom. The van der Waals surface area contributed by atoms with Crippen LogP contribution in [0.5, 0.6) is 0 Å². The van der Waals surface area contributed by atoms with Gasteiger partial charge in [-0.1, -0.05) is 6.07 Å². The van der Waals surface area contributed by atoms with Crippen LogP contribution in [0, 0.1) is 5.82 Å². The Hall–Kier alpha value is -1.58. The summed E-state index contributed by atoms with van der Waals surface area (Å²) in [6, 6.07) is 3.96. The predicted molar refractivity (Wildman–Crippen MR) is 77.5 cm³/mol. The maximum Gasteiger partial charge on any atom is 0.345 e. The predicted octanol–water partition coefficient (Wildman–Crippen LogP) is 1.01. The fraction of sp³-hybridized carbons (Fsp3) is 0.167. The van der Waals surface area contributed by atoms with Crippen molar-refractivity contribution in [3.8, 4) is 0 Å². The van der Waals surface area contributed by atoms with E-state index in [4.69, 9.17) is 5.11 Å². The van der Waals surface area contributed by atoms with Gasteiger partial charge in [0.25, 0.3) is 0 Å². The zero-order valence-electron chi connectivity index (χ0n) is 10.7. The standard InChI is InChI=1S/C12H10BrFN2O4S/c1-16-11(12(18)6-17)5-10(15-21(16,19)20)7-2-3-8(13)9(14)4-7/h2-5,17H,6H2,1H3. The van der Waals surface area contributed by atoms with E-state index in [-0.39, 0.29) is 21.4 Å². The van der Waals surface area contributed by atoms with Gasteiger partial charge in [-0.05, 0) is 34.1 Å². The van der Waals surface area contributed by atoms with E-state index >= 15 is 0 Å². The van der Waals surface area contributed by atoms with Crippen LogP contribution in [0.25, 0.3) is 0 Å². The summed E-state index contributed by atoms with van der Waals surface area (Å²) in [5.74, 6) is -1.36. The fourth-order valence-corrected chi connectivity index (χ4v) is 2.86. The number of benzene rings is 1. The van der Waals surface area contributed by atoms with Gasteiger partial charge in [0.05, 0.1) is 10.2 Å². The average Bonchev–Trinajstić information content (AvgIpc) is 2.43. The Morgan fingerprint density at radius 1 is 1.48 bits per heavy atom. The number of rotatable bonds is 3. The minimum absolute atomic E-state index is 0.0729. The number of likely N-dealkylation sites (N-methyl/N-ethyl adjacent to an activating group) is 1. The molecule has 6 nitrogen and oxygen atoms in total. The maximum absolute atomic E-state index is 13.5. The van der Waals surface area contributed by atoms with Gasteiger partial charge in [0.15, 0.2) is 0 Å². The van der Waals surface area contributed by atoms with Crippen molar-refractivity contribution in [1.29, 1.82) is 0 Å². The highest BCUT2D eigenvalue weighted by atomic mass is 79.9. The number of carbonyl (C=O) groups is 1. The second-order valence-electron chi connectivity index (χ2n) is 4.16. The van der Waals surface area contributed by atoms with Gasteiger partial charge < -0.3 is 5.11 Å². The average molecular weight is 377 g/mol. The van der Waals surface area contributed by atoms with Crippen LogP contribution in [0.3, 0.4) is 0 Å². The van der Waals surface area contributed by atoms with Gasteiger partial charge in [-0.2, -0.15) is 8.42 Å². The Balaban J connectivity index is 2.59. The molecule has 2 rings (SSSR count). The molecule has 0 unspecified atom stereocenters. The topological polar surface area (TPSA) is 87.0 Å². The summed E-state index contributed by atoms with van der Waals surface area (Å²) in [4.78, 5) is 11.6. The Morgan fingerprint density at radius 2 is 2.14 bits per heavy atom. The summed E-state index contributed by atoms with van der Waals surface area (Å²) in [7, 11) is -2.95. The lowest BCUT2D eigenvalue weighted by Gasteiger charge is -2.22. The van der Waals surface area contributed by atoms with Gasteiger partial charge in [0, 0.05) is 12.6 Å². The third-order valence-corrected chi connectivity index (χ3v) is 4.78. The van der Waals surface area contributed by atoms with Gasteiger partial charge in [0.2, 0.25) is 5.78 Å². The van der Waals surface area contributed by atoms with E-state index in [1.165, 1.54) is 18.2 Å². The number of hydrogen-bond donors (Lipinski definition) is 1. The summed E-state index contributed by atoms with van der Waals surface area (Å²) in [5.41, 5.74) is -0.0993. The summed E-state index contributed by atoms with van der Waals surface area (Å²) >= 11 is 2.99. The summed E-state index contributed by atoms with van der Waals surface area (Å²) < 4.78 is 41.8. The third kappa shape index (κ3) is 3.04. The van der Waals surface area contributed by atoms with E-state index in [1.54, 1.807) is 0 Å². The second-order valence-corrected chi connectivity index (χ2v) is 6.64. The molecule has 9 heteroatoms. The van der Waals surface area contributed by atoms with E-state index in [0.29, 0.717) is 4.31 Å². The summed E-state index contributed by atoms with van der Waals surface area (Å²) in [6.07, 6.45) is 1.20. The number of carbonyl (C=O) groups excluding carboxylic acids is 1.